The van der Waals surface area contributed by atoms with E-state index in [2.05, 4.69) is 33.0 Å². The number of amides is 1. The molecule has 4 rings (SSSR count). The van der Waals surface area contributed by atoms with Gasteiger partial charge in [-0.05, 0) is 45.8 Å². The van der Waals surface area contributed by atoms with Gasteiger partial charge in [0.15, 0.2) is 0 Å². The van der Waals surface area contributed by atoms with Crippen LogP contribution in [0.5, 0.6) is 0 Å². The summed E-state index contributed by atoms with van der Waals surface area (Å²) in [6, 6.07) is 17.4. The van der Waals surface area contributed by atoms with E-state index in [4.69, 9.17) is 0 Å². The van der Waals surface area contributed by atoms with Crippen molar-refractivity contribution in [1.82, 2.24) is 14.4 Å². The Bertz CT molecular complexity index is 1040. The lowest BCUT2D eigenvalue weighted by Gasteiger charge is -2.34. The van der Waals surface area contributed by atoms with Crippen LogP contribution in [-0.4, -0.2) is 46.5 Å². The molecule has 1 aromatic carbocycles. The fraction of sp³-hybridized carbons (Fsp3) is 0.273. The minimum Gasteiger partial charge on any atom is -0.336 e. The van der Waals surface area contributed by atoms with Gasteiger partial charge in [-0.1, -0.05) is 30.3 Å². The smallest absolute Gasteiger partial charge is 0.263 e. The van der Waals surface area contributed by atoms with E-state index >= 15 is 0 Å². The summed E-state index contributed by atoms with van der Waals surface area (Å²) in [5.41, 5.74) is 1.05. The molecule has 3 heterocycles. The van der Waals surface area contributed by atoms with Crippen molar-refractivity contribution < 1.29 is 4.79 Å². The first-order chi connectivity index (χ1) is 14.1. The predicted octanol–water partition coefficient (Wildman–Crippen LogP) is 3.68. The third kappa shape index (κ3) is 4.86. The zero-order valence-corrected chi connectivity index (χ0v) is 18.4. The summed E-state index contributed by atoms with van der Waals surface area (Å²) >= 11 is 5.24. The first-order valence-electron chi connectivity index (χ1n) is 9.59. The lowest BCUT2D eigenvalue weighted by Crippen LogP contribution is -2.49. The Morgan fingerprint density at radius 2 is 1.69 bits per heavy atom. The molecular formula is C22H22BrN3O2S. The van der Waals surface area contributed by atoms with Crippen LogP contribution in [0.25, 0.3) is 0 Å². The molecule has 0 N–H and O–H groups in total. The maximum absolute atomic E-state index is 13.0. The molecule has 29 heavy (non-hydrogen) atoms. The zero-order valence-electron chi connectivity index (χ0n) is 16.0. The van der Waals surface area contributed by atoms with Crippen LogP contribution >= 0.6 is 27.3 Å². The monoisotopic (exact) mass is 471 g/mol. The quantitative estimate of drug-likeness (QED) is 0.569. The van der Waals surface area contributed by atoms with E-state index in [9.17, 15) is 9.59 Å². The number of benzene rings is 1. The van der Waals surface area contributed by atoms with E-state index in [1.54, 1.807) is 39.1 Å². The number of aromatic nitrogens is 1. The normalized spacial score (nSPS) is 14.9. The Morgan fingerprint density at radius 1 is 0.931 bits per heavy atom. The highest BCUT2D eigenvalue weighted by Crippen LogP contribution is 2.23. The summed E-state index contributed by atoms with van der Waals surface area (Å²) in [6.07, 6.45) is 1.74. The highest BCUT2D eigenvalue weighted by atomic mass is 79.9. The second-order valence-electron chi connectivity index (χ2n) is 7.11. The van der Waals surface area contributed by atoms with Crippen LogP contribution in [0.1, 0.15) is 20.8 Å². The first-order valence-corrected chi connectivity index (χ1v) is 11.2. The van der Waals surface area contributed by atoms with Crippen LogP contribution in [0.4, 0.5) is 0 Å². The largest absolute Gasteiger partial charge is 0.336 e. The molecule has 0 saturated carbocycles. The molecule has 1 aliphatic heterocycles. The number of rotatable bonds is 5. The molecule has 7 heteroatoms. The third-order valence-electron chi connectivity index (χ3n) is 5.11. The predicted molar refractivity (Wildman–Crippen MR) is 119 cm³/mol. The van der Waals surface area contributed by atoms with Crippen LogP contribution in [-0.2, 0) is 13.1 Å². The Hall–Kier alpha value is -2.22. The van der Waals surface area contributed by atoms with Gasteiger partial charge in [0.1, 0.15) is 5.56 Å². The number of carbonyl (C=O) groups excluding carboxylic acids is 1. The maximum atomic E-state index is 13.0. The minimum absolute atomic E-state index is 0.170. The van der Waals surface area contributed by atoms with Crippen molar-refractivity contribution in [1.29, 1.82) is 0 Å². The van der Waals surface area contributed by atoms with Gasteiger partial charge in [0.05, 0.1) is 10.3 Å². The van der Waals surface area contributed by atoms with Crippen molar-refractivity contribution in [3.05, 3.63) is 90.9 Å². The fourth-order valence-electron chi connectivity index (χ4n) is 3.54. The van der Waals surface area contributed by atoms with Gasteiger partial charge in [-0.25, -0.2) is 0 Å². The highest BCUT2D eigenvalue weighted by Gasteiger charge is 2.24. The van der Waals surface area contributed by atoms with E-state index in [1.165, 1.54) is 4.88 Å². The molecule has 1 fully saturated rings. The lowest BCUT2D eigenvalue weighted by atomic mass is 10.2. The Balaban J connectivity index is 1.41. The van der Waals surface area contributed by atoms with Gasteiger partial charge in [0.25, 0.3) is 11.5 Å². The molecule has 0 bridgehead atoms. The van der Waals surface area contributed by atoms with Gasteiger partial charge in [-0.15, -0.1) is 11.3 Å². The Labute approximate surface area is 182 Å². The summed E-state index contributed by atoms with van der Waals surface area (Å²) < 4.78 is 2.74. The van der Waals surface area contributed by atoms with Crippen LogP contribution < -0.4 is 5.56 Å². The van der Waals surface area contributed by atoms with E-state index in [-0.39, 0.29) is 17.0 Å². The molecule has 0 unspecified atom stereocenters. The van der Waals surface area contributed by atoms with E-state index in [1.807, 2.05) is 30.3 Å². The van der Waals surface area contributed by atoms with Gasteiger partial charge in [-0.2, -0.15) is 0 Å². The SMILES string of the molecule is O=C(c1cccn(Cc2ccccc2)c1=O)N1CCN(Cc2ccc(Br)s2)CC1. The fourth-order valence-corrected chi connectivity index (χ4v) is 5.07. The summed E-state index contributed by atoms with van der Waals surface area (Å²) in [6.45, 7) is 4.26. The molecule has 0 atom stereocenters. The van der Waals surface area contributed by atoms with Crippen molar-refractivity contribution in [2.24, 2.45) is 0 Å². The average Bonchev–Trinajstić information content (AvgIpc) is 3.15. The van der Waals surface area contributed by atoms with E-state index in [0.29, 0.717) is 19.6 Å². The summed E-state index contributed by atoms with van der Waals surface area (Å²) in [5, 5.41) is 0. The summed E-state index contributed by atoms with van der Waals surface area (Å²) in [7, 11) is 0. The molecule has 0 spiro atoms. The molecule has 0 radical (unpaired) electrons. The standard InChI is InChI=1S/C22H22BrN3O2S/c23-20-9-8-18(29-20)16-24-11-13-25(14-12-24)21(27)19-7-4-10-26(22(19)28)15-17-5-2-1-3-6-17/h1-10H,11-16H2. The molecule has 5 nitrogen and oxygen atoms in total. The second kappa shape index (κ2) is 9.07. The summed E-state index contributed by atoms with van der Waals surface area (Å²) in [4.78, 5) is 31.3. The maximum Gasteiger partial charge on any atom is 0.263 e. The van der Waals surface area contributed by atoms with Crippen molar-refractivity contribution in [2.45, 2.75) is 13.1 Å². The van der Waals surface area contributed by atoms with Crippen LogP contribution in [0.3, 0.4) is 0 Å². The topological polar surface area (TPSA) is 45.6 Å². The molecule has 1 amide bonds. The molecule has 1 aliphatic rings. The van der Waals surface area contributed by atoms with Gasteiger partial charge in [0.2, 0.25) is 0 Å². The first kappa shape index (κ1) is 20.1. The number of halogens is 1. The molecule has 0 aliphatic carbocycles. The van der Waals surface area contributed by atoms with Crippen LogP contribution in [0, 0.1) is 0 Å². The summed E-state index contributed by atoms with van der Waals surface area (Å²) in [5.74, 6) is -0.170. The van der Waals surface area contributed by atoms with E-state index in [0.717, 1.165) is 29.0 Å². The van der Waals surface area contributed by atoms with Gasteiger partial charge >= 0.3 is 0 Å². The second-order valence-corrected chi connectivity index (χ2v) is 9.66. The highest BCUT2D eigenvalue weighted by molar-refractivity contribution is 9.11. The number of piperazine rings is 1. The Kier molecular flexibility index (Phi) is 6.28. The zero-order chi connectivity index (χ0) is 20.2. The molecule has 2 aromatic heterocycles. The van der Waals surface area contributed by atoms with Crippen molar-refractivity contribution in [3.8, 4) is 0 Å². The van der Waals surface area contributed by atoms with Crippen molar-refractivity contribution >= 4 is 33.2 Å². The van der Waals surface area contributed by atoms with Crippen molar-refractivity contribution in [2.75, 3.05) is 26.2 Å². The number of hydrogen-bond acceptors (Lipinski definition) is 4. The molecule has 150 valence electrons. The third-order valence-corrected chi connectivity index (χ3v) is 6.72. The molecule has 1 saturated heterocycles. The van der Waals surface area contributed by atoms with E-state index < -0.39 is 0 Å². The minimum atomic E-state index is -0.229. The number of pyridine rings is 1. The van der Waals surface area contributed by atoms with Gasteiger partial charge in [-0.3, -0.25) is 14.5 Å². The number of carbonyl (C=O) groups is 1. The molecular weight excluding hydrogens is 450 g/mol. The van der Waals surface area contributed by atoms with Crippen LogP contribution in [0.2, 0.25) is 0 Å². The molecule has 3 aromatic rings. The number of hydrogen-bond donors (Lipinski definition) is 0. The number of thiophene rings is 1. The van der Waals surface area contributed by atoms with Gasteiger partial charge < -0.3 is 9.47 Å². The van der Waals surface area contributed by atoms with Crippen LogP contribution in [0.15, 0.2) is 69.4 Å². The number of nitrogens with zero attached hydrogens (tertiary/aromatic N) is 3. The lowest BCUT2D eigenvalue weighted by molar-refractivity contribution is 0.0627. The average molecular weight is 472 g/mol. The Morgan fingerprint density at radius 3 is 2.38 bits per heavy atom. The van der Waals surface area contributed by atoms with Crippen molar-refractivity contribution in [3.63, 3.8) is 0 Å². The van der Waals surface area contributed by atoms with Gasteiger partial charge in [0, 0.05) is 43.8 Å².